The smallest absolute Gasteiger partial charge is 0.268 e. The SMILES string of the molecule is CC/C=C\C/C=C\C/C=C\C/C=C\C/C=C\C/C=C\C/C=C\C/C=C\C/C=C\CCCCCCCC(=O)NC(COP(=O)([O-])OCC[N+](C)(C)C)C(O)/C=C/CCCCCCCCCCCCCCCCCCCCC. The van der Waals surface area contributed by atoms with Crippen molar-refractivity contribution in [2.45, 2.75) is 257 Å². The summed E-state index contributed by atoms with van der Waals surface area (Å²) >= 11 is 0. The molecule has 0 saturated carbocycles. The normalized spacial score (nSPS) is 14.7. The molecule has 0 rings (SSSR count). The Kier molecular flexibility index (Phi) is 54.3. The Morgan fingerprint density at radius 3 is 1.17 bits per heavy atom. The van der Waals surface area contributed by atoms with Crippen LogP contribution in [0.25, 0.3) is 0 Å². The Hall–Kier alpha value is -3.10. The molecule has 0 spiro atoms. The molecule has 8 nitrogen and oxygen atoms in total. The first kappa shape index (κ1) is 72.9. The molecule has 436 valence electrons. The minimum absolute atomic E-state index is 0.0113. The molecule has 0 aromatic rings. The van der Waals surface area contributed by atoms with Crippen molar-refractivity contribution in [1.82, 2.24) is 5.32 Å². The van der Waals surface area contributed by atoms with Crippen molar-refractivity contribution < 1.29 is 32.9 Å². The van der Waals surface area contributed by atoms with E-state index in [0.29, 0.717) is 17.4 Å². The van der Waals surface area contributed by atoms with Crippen LogP contribution in [0.2, 0.25) is 0 Å². The van der Waals surface area contributed by atoms with Crippen LogP contribution in [0.3, 0.4) is 0 Å². The maximum atomic E-state index is 13.0. The Balaban J connectivity index is 4.27. The molecule has 0 fully saturated rings. The van der Waals surface area contributed by atoms with Gasteiger partial charge in [-0.2, -0.15) is 0 Å². The number of aliphatic hydroxyl groups excluding tert-OH is 1. The van der Waals surface area contributed by atoms with Gasteiger partial charge in [0.05, 0.1) is 39.9 Å². The highest BCUT2D eigenvalue weighted by Gasteiger charge is 2.23. The van der Waals surface area contributed by atoms with Crippen LogP contribution in [0, 0.1) is 0 Å². The van der Waals surface area contributed by atoms with Gasteiger partial charge in [-0.1, -0.05) is 270 Å². The molecule has 0 aliphatic heterocycles. The van der Waals surface area contributed by atoms with E-state index in [-0.39, 0.29) is 12.5 Å². The predicted molar refractivity (Wildman–Crippen MR) is 329 cm³/mol. The number of nitrogens with zero attached hydrogens (tertiary/aromatic N) is 1. The van der Waals surface area contributed by atoms with Crippen LogP contribution in [0.4, 0.5) is 0 Å². The first-order chi connectivity index (χ1) is 37.0. The highest BCUT2D eigenvalue weighted by molar-refractivity contribution is 7.45. The van der Waals surface area contributed by atoms with Crippen LogP contribution in [-0.2, 0) is 18.4 Å². The van der Waals surface area contributed by atoms with E-state index in [0.717, 1.165) is 116 Å². The topological polar surface area (TPSA) is 108 Å². The van der Waals surface area contributed by atoms with Crippen LogP contribution in [-0.4, -0.2) is 68.5 Å². The van der Waals surface area contributed by atoms with Crippen molar-refractivity contribution in [3.8, 4) is 0 Å². The molecule has 0 aliphatic carbocycles. The number of allylic oxidation sites excluding steroid dienone is 19. The third kappa shape index (κ3) is 58.6. The fourth-order valence-electron chi connectivity index (χ4n) is 8.38. The van der Waals surface area contributed by atoms with E-state index >= 15 is 0 Å². The maximum absolute atomic E-state index is 13.0. The van der Waals surface area contributed by atoms with Gasteiger partial charge >= 0.3 is 0 Å². The minimum Gasteiger partial charge on any atom is -0.756 e. The van der Waals surface area contributed by atoms with E-state index in [1.54, 1.807) is 6.08 Å². The molecular weight excluding hydrogens is 960 g/mol. The molecule has 76 heavy (non-hydrogen) atoms. The number of likely N-dealkylation sites (N-methyl/N-ethyl adjacent to an activating group) is 1. The lowest BCUT2D eigenvalue weighted by atomic mass is 10.0. The molecule has 0 aromatic carbocycles. The molecule has 0 radical (unpaired) electrons. The van der Waals surface area contributed by atoms with Gasteiger partial charge in [0.15, 0.2) is 0 Å². The number of phosphoric acid groups is 1. The summed E-state index contributed by atoms with van der Waals surface area (Å²) in [6, 6.07) is -0.907. The highest BCUT2D eigenvalue weighted by Crippen LogP contribution is 2.38. The lowest BCUT2D eigenvalue weighted by molar-refractivity contribution is -0.870. The third-order valence-electron chi connectivity index (χ3n) is 13.2. The average molecular weight is 1080 g/mol. The number of carbonyl (C=O) groups excluding carboxylic acids is 1. The van der Waals surface area contributed by atoms with Crippen LogP contribution >= 0.6 is 7.82 Å². The fraction of sp³-hybridized carbons (Fsp3) is 0.687. The van der Waals surface area contributed by atoms with E-state index in [1.807, 2.05) is 27.2 Å². The average Bonchev–Trinajstić information content (AvgIpc) is 3.38. The summed E-state index contributed by atoms with van der Waals surface area (Å²) in [4.78, 5) is 25.5. The van der Waals surface area contributed by atoms with Crippen LogP contribution < -0.4 is 10.2 Å². The third-order valence-corrected chi connectivity index (χ3v) is 14.1. The molecule has 0 bridgehead atoms. The van der Waals surface area contributed by atoms with Gasteiger partial charge in [0, 0.05) is 6.42 Å². The summed E-state index contributed by atoms with van der Waals surface area (Å²) in [5, 5.41) is 13.9. The van der Waals surface area contributed by atoms with E-state index in [9.17, 15) is 19.4 Å². The van der Waals surface area contributed by atoms with Gasteiger partial charge in [-0.25, -0.2) is 0 Å². The molecule has 0 heterocycles. The fourth-order valence-corrected chi connectivity index (χ4v) is 9.10. The van der Waals surface area contributed by atoms with Gasteiger partial charge < -0.3 is 28.8 Å². The number of quaternary nitrogens is 1. The Morgan fingerprint density at radius 1 is 0.474 bits per heavy atom. The van der Waals surface area contributed by atoms with E-state index < -0.39 is 26.6 Å². The summed E-state index contributed by atoms with van der Waals surface area (Å²) in [6.07, 6.45) is 84.2. The Morgan fingerprint density at radius 2 is 0.803 bits per heavy atom. The zero-order valence-electron chi connectivity index (χ0n) is 49.7. The molecule has 9 heteroatoms. The quantitative estimate of drug-likeness (QED) is 0.0272. The molecule has 1 amide bonds. The number of rotatable bonds is 55. The molecule has 0 saturated heterocycles. The number of nitrogens with one attached hydrogen (secondary N) is 1. The second-order valence-corrected chi connectivity index (χ2v) is 23.1. The lowest BCUT2D eigenvalue weighted by Crippen LogP contribution is -2.45. The Bertz CT molecular complexity index is 1650. The molecule has 0 aliphatic rings. The summed E-state index contributed by atoms with van der Waals surface area (Å²) < 4.78 is 23.4. The van der Waals surface area contributed by atoms with E-state index in [2.05, 4.69) is 129 Å². The van der Waals surface area contributed by atoms with Gasteiger partial charge in [-0.15, -0.1) is 0 Å². The zero-order chi connectivity index (χ0) is 55.6. The number of aliphatic hydroxyl groups is 1. The Labute approximate surface area is 469 Å². The van der Waals surface area contributed by atoms with E-state index in [4.69, 9.17) is 9.05 Å². The van der Waals surface area contributed by atoms with Crippen molar-refractivity contribution in [1.29, 1.82) is 0 Å². The monoisotopic (exact) mass is 1080 g/mol. The second-order valence-electron chi connectivity index (χ2n) is 21.7. The summed E-state index contributed by atoms with van der Waals surface area (Å²) in [5.74, 6) is -0.220. The van der Waals surface area contributed by atoms with Crippen LogP contribution in [0.1, 0.15) is 245 Å². The number of hydrogen-bond acceptors (Lipinski definition) is 6. The van der Waals surface area contributed by atoms with Crippen molar-refractivity contribution in [2.75, 3.05) is 40.9 Å². The van der Waals surface area contributed by atoms with Crippen LogP contribution in [0.15, 0.2) is 122 Å². The number of amides is 1. The summed E-state index contributed by atoms with van der Waals surface area (Å²) in [5.41, 5.74) is 0. The lowest BCUT2D eigenvalue weighted by Gasteiger charge is -2.29. The van der Waals surface area contributed by atoms with Gasteiger partial charge in [0.1, 0.15) is 13.2 Å². The predicted octanol–water partition coefficient (Wildman–Crippen LogP) is 18.7. The van der Waals surface area contributed by atoms with Crippen molar-refractivity contribution in [3.05, 3.63) is 122 Å². The van der Waals surface area contributed by atoms with E-state index in [1.165, 1.54) is 109 Å². The minimum atomic E-state index is -4.61. The zero-order valence-corrected chi connectivity index (χ0v) is 50.6. The first-order valence-corrected chi connectivity index (χ1v) is 32.4. The van der Waals surface area contributed by atoms with Crippen molar-refractivity contribution in [3.63, 3.8) is 0 Å². The molecule has 3 atom stereocenters. The van der Waals surface area contributed by atoms with Gasteiger partial charge in [-0.05, 0) is 89.9 Å². The van der Waals surface area contributed by atoms with Crippen LogP contribution in [0.5, 0.6) is 0 Å². The molecule has 0 aromatic heterocycles. The maximum Gasteiger partial charge on any atom is 0.268 e. The van der Waals surface area contributed by atoms with Gasteiger partial charge in [0.2, 0.25) is 5.91 Å². The summed E-state index contributed by atoms with van der Waals surface area (Å²) in [6.45, 7) is 4.52. The number of hydrogen-bond donors (Lipinski definition) is 2. The van der Waals surface area contributed by atoms with Gasteiger partial charge in [-0.3, -0.25) is 9.36 Å². The number of carbonyl (C=O) groups is 1. The summed E-state index contributed by atoms with van der Waals surface area (Å²) in [7, 11) is 1.23. The number of phosphoric ester groups is 1. The highest BCUT2D eigenvalue weighted by atomic mass is 31.2. The number of unbranched alkanes of at least 4 members (excludes halogenated alkanes) is 24. The first-order valence-electron chi connectivity index (χ1n) is 30.9. The molecule has 2 N–H and O–H groups in total. The molecular formula is C67H117N2O6P. The van der Waals surface area contributed by atoms with Gasteiger partial charge in [0.25, 0.3) is 7.82 Å². The van der Waals surface area contributed by atoms with Crippen molar-refractivity contribution in [2.24, 2.45) is 0 Å². The van der Waals surface area contributed by atoms with Crippen molar-refractivity contribution >= 4 is 13.7 Å². The standard InChI is InChI=1S/C67H117N2O6P/c1-6-8-10-12-14-16-18-20-22-24-26-28-29-30-31-32-33-34-35-36-37-38-39-41-43-45-47-49-51-53-55-57-59-61-67(71)68-65(64-75-76(72,73)74-63-62-69(3,4)5)66(70)60-58-56-54-52-50-48-46-44-42-40-27-25-23-21-19-17-15-13-11-9-7-2/h8,10,14,16,20,22,26,28,30-31,33-34,36-37,39,41,45,47,58,60,65-66,70H,6-7,9,11-13,15,17-19,21,23-25,27,29,32,35,38,40,42-44,46,48-57,59,61-64H2,1-5H3,(H-,68,71,72,73)/b10-8-,16-14-,22-20-,28-26-,31-30-,34-33-,37-36-,41-39-,47-45-,60-58+. The second kappa shape index (κ2) is 56.6. The molecule has 3 unspecified atom stereocenters. The largest absolute Gasteiger partial charge is 0.756 e.